The van der Waals surface area contributed by atoms with Crippen LogP contribution in [0.15, 0.2) is 12.3 Å². The molecule has 0 unspecified atom stereocenters. The van der Waals surface area contributed by atoms with Gasteiger partial charge in [-0.25, -0.2) is 9.97 Å². The van der Waals surface area contributed by atoms with Gasteiger partial charge in [0.05, 0.1) is 19.8 Å². The zero-order chi connectivity index (χ0) is 12.5. The average Bonchev–Trinajstić information content (AvgIpc) is 2.34. The van der Waals surface area contributed by atoms with Gasteiger partial charge in [-0.2, -0.15) is 0 Å². The molecule has 0 saturated heterocycles. The lowest BCUT2D eigenvalue weighted by atomic mass is 10.4. The number of methoxy groups -OCH3 is 1. The van der Waals surface area contributed by atoms with Crippen LogP contribution in [-0.2, 0) is 9.47 Å². The molecule has 0 aliphatic rings. The van der Waals surface area contributed by atoms with Crippen molar-refractivity contribution in [3.63, 3.8) is 0 Å². The van der Waals surface area contributed by atoms with E-state index < -0.39 is 0 Å². The first kappa shape index (κ1) is 13.8. The molecule has 0 aromatic carbocycles. The molecular formula is C10H16N4O2S. The van der Waals surface area contributed by atoms with Gasteiger partial charge in [0.25, 0.3) is 0 Å². The lowest BCUT2D eigenvalue weighted by molar-refractivity contribution is 0.0759. The maximum absolute atomic E-state index is 5.47. The Balaban J connectivity index is 2.27. The van der Waals surface area contributed by atoms with E-state index in [0.29, 0.717) is 38.0 Å². The lowest BCUT2D eigenvalue weighted by Crippen LogP contribution is -2.16. The lowest BCUT2D eigenvalue weighted by Gasteiger charge is -2.06. The molecule has 1 aromatic rings. The number of hydrogen-bond donors (Lipinski definition) is 2. The summed E-state index contributed by atoms with van der Waals surface area (Å²) in [7, 11) is 1.64. The normalized spacial score (nSPS) is 10.2. The van der Waals surface area contributed by atoms with Crippen LogP contribution in [0.4, 0.5) is 5.95 Å². The number of rotatable bonds is 8. The number of nitrogens with zero attached hydrogens (tertiary/aromatic N) is 2. The quantitative estimate of drug-likeness (QED) is 0.507. The molecule has 3 N–H and O–H groups in total. The molecule has 94 valence electrons. The summed E-state index contributed by atoms with van der Waals surface area (Å²) in [4.78, 5) is 8.43. The van der Waals surface area contributed by atoms with Crippen LogP contribution in [0.25, 0.3) is 0 Å². The summed E-state index contributed by atoms with van der Waals surface area (Å²) >= 11 is 4.83. The molecule has 1 rings (SSSR count). The molecule has 0 aliphatic carbocycles. The van der Waals surface area contributed by atoms with Crippen LogP contribution >= 0.6 is 12.2 Å². The summed E-state index contributed by atoms with van der Waals surface area (Å²) in [5, 5.41) is 3.01. The Kier molecular flexibility index (Phi) is 6.38. The predicted octanol–water partition coefficient (Wildman–Crippen LogP) is 0.186. The van der Waals surface area contributed by atoms with Gasteiger partial charge in [0.15, 0.2) is 0 Å². The Labute approximate surface area is 106 Å². The molecule has 6 nitrogen and oxygen atoms in total. The molecule has 0 radical (unpaired) electrons. The number of nitrogens with two attached hydrogens (primary N) is 1. The molecular weight excluding hydrogens is 240 g/mol. The van der Waals surface area contributed by atoms with Crippen molar-refractivity contribution in [1.29, 1.82) is 0 Å². The molecule has 0 atom stereocenters. The second-order valence-electron chi connectivity index (χ2n) is 3.16. The second kappa shape index (κ2) is 7.88. The minimum absolute atomic E-state index is 0.256. The molecule has 0 fully saturated rings. The van der Waals surface area contributed by atoms with Gasteiger partial charge in [0.2, 0.25) is 5.95 Å². The van der Waals surface area contributed by atoms with Gasteiger partial charge < -0.3 is 20.5 Å². The molecule has 1 heterocycles. The Morgan fingerprint density at radius 3 is 3.00 bits per heavy atom. The Bertz CT molecular complexity index is 362. The molecule has 0 bridgehead atoms. The summed E-state index contributed by atoms with van der Waals surface area (Å²) in [6.07, 6.45) is 1.61. The van der Waals surface area contributed by atoms with Crippen LogP contribution in [0.1, 0.15) is 5.69 Å². The molecule has 0 aliphatic heterocycles. The first-order chi connectivity index (χ1) is 8.24. The zero-order valence-corrected chi connectivity index (χ0v) is 10.5. The summed E-state index contributed by atoms with van der Waals surface area (Å²) in [5.41, 5.74) is 6.02. The SMILES string of the molecule is COCCOCCNc1nccc(C(N)=S)n1. The fraction of sp³-hybridized carbons (Fsp3) is 0.500. The topological polar surface area (TPSA) is 82.3 Å². The Morgan fingerprint density at radius 2 is 2.29 bits per heavy atom. The van der Waals surface area contributed by atoms with Crippen molar-refractivity contribution in [3.05, 3.63) is 18.0 Å². The van der Waals surface area contributed by atoms with Crippen molar-refractivity contribution < 1.29 is 9.47 Å². The van der Waals surface area contributed by atoms with Gasteiger partial charge in [-0.15, -0.1) is 0 Å². The van der Waals surface area contributed by atoms with Gasteiger partial charge in [-0.3, -0.25) is 0 Å². The summed E-state index contributed by atoms with van der Waals surface area (Å²) < 4.78 is 10.1. The van der Waals surface area contributed by atoms with Crippen LogP contribution in [0.2, 0.25) is 0 Å². The molecule has 7 heteroatoms. The van der Waals surface area contributed by atoms with Crippen molar-refractivity contribution >= 4 is 23.2 Å². The monoisotopic (exact) mass is 256 g/mol. The van der Waals surface area contributed by atoms with Crippen molar-refractivity contribution in [1.82, 2.24) is 9.97 Å². The van der Waals surface area contributed by atoms with Crippen LogP contribution in [0, 0.1) is 0 Å². The molecule has 17 heavy (non-hydrogen) atoms. The van der Waals surface area contributed by atoms with Gasteiger partial charge >= 0.3 is 0 Å². The standard InChI is InChI=1S/C10H16N4O2S/c1-15-6-7-16-5-4-13-10-12-3-2-8(14-10)9(11)17/h2-3H,4-7H2,1H3,(H2,11,17)(H,12,13,14). The first-order valence-electron chi connectivity index (χ1n) is 5.17. The fourth-order valence-corrected chi connectivity index (χ4v) is 1.17. The predicted molar refractivity (Wildman–Crippen MR) is 69.1 cm³/mol. The number of aromatic nitrogens is 2. The third-order valence-electron chi connectivity index (χ3n) is 1.87. The van der Waals surface area contributed by atoms with Gasteiger partial charge in [0, 0.05) is 19.9 Å². The van der Waals surface area contributed by atoms with Gasteiger partial charge in [-0.05, 0) is 6.07 Å². The van der Waals surface area contributed by atoms with E-state index in [-0.39, 0.29) is 4.99 Å². The van der Waals surface area contributed by atoms with E-state index >= 15 is 0 Å². The van der Waals surface area contributed by atoms with E-state index in [0.717, 1.165) is 0 Å². The third-order valence-corrected chi connectivity index (χ3v) is 2.08. The highest BCUT2D eigenvalue weighted by Gasteiger charge is 2.00. The van der Waals surface area contributed by atoms with Crippen molar-refractivity contribution in [3.8, 4) is 0 Å². The summed E-state index contributed by atoms with van der Waals surface area (Å²) in [6, 6.07) is 1.67. The van der Waals surface area contributed by atoms with Gasteiger partial charge in [0.1, 0.15) is 10.7 Å². The summed E-state index contributed by atoms with van der Waals surface area (Å²) in [5.74, 6) is 0.491. The molecule has 0 saturated carbocycles. The molecule has 0 spiro atoms. The van der Waals surface area contributed by atoms with E-state index in [1.54, 1.807) is 19.4 Å². The largest absolute Gasteiger partial charge is 0.388 e. The number of hydrogen-bond acceptors (Lipinski definition) is 6. The van der Waals surface area contributed by atoms with Crippen LogP contribution in [-0.4, -0.2) is 48.4 Å². The minimum atomic E-state index is 0.256. The highest BCUT2D eigenvalue weighted by molar-refractivity contribution is 7.80. The molecule has 1 aromatic heterocycles. The Morgan fingerprint density at radius 1 is 1.47 bits per heavy atom. The smallest absolute Gasteiger partial charge is 0.223 e. The first-order valence-corrected chi connectivity index (χ1v) is 5.58. The number of ether oxygens (including phenoxy) is 2. The van der Waals surface area contributed by atoms with E-state index in [9.17, 15) is 0 Å². The van der Waals surface area contributed by atoms with E-state index in [2.05, 4.69) is 15.3 Å². The van der Waals surface area contributed by atoms with Crippen molar-refractivity contribution in [2.45, 2.75) is 0 Å². The second-order valence-corrected chi connectivity index (χ2v) is 3.60. The fourth-order valence-electron chi connectivity index (χ4n) is 1.06. The van der Waals surface area contributed by atoms with Gasteiger partial charge in [-0.1, -0.05) is 12.2 Å². The van der Waals surface area contributed by atoms with E-state index in [4.69, 9.17) is 27.4 Å². The number of thiocarbonyl (C=S) groups is 1. The highest BCUT2D eigenvalue weighted by Crippen LogP contribution is 1.99. The number of anilines is 1. The molecule has 0 amide bonds. The van der Waals surface area contributed by atoms with Crippen molar-refractivity contribution in [2.24, 2.45) is 5.73 Å². The maximum Gasteiger partial charge on any atom is 0.223 e. The van der Waals surface area contributed by atoms with E-state index in [1.807, 2.05) is 0 Å². The Hall–Kier alpha value is -1.31. The maximum atomic E-state index is 5.47. The van der Waals surface area contributed by atoms with Crippen LogP contribution in [0.5, 0.6) is 0 Å². The van der Waals surface area contributed by atoms with Crippen LogP contribution in [0.3, 0.4) is 0 Å². The average molecular weight is 256 g/mol. The highest BCUT2D eigenvalue weighted by atomic mass is 32.1. The minimum Gasteiger partial charge on any atom is -0.388 e. The summed E-state index contributed by atoms with van der Waals surface area (Å²) in [6.45, 7) is 2.34. The van der Waals surface area contributed by atoms with Crippen molar-refractivity contribution in [2.75, 3.05) is 38.8 Å². The third kappa shape index (κ3) is 5.53. The zero-order valence-electron chi connectivity index (χ0n) is 9.68. The van der Waals surface area contributed by atoms with E-state index in [1.165, 1.54) is 0 Å². The number of nitrogens with one attached hydrogen (secondary N) is 1. The van der Waals surface area contributed by atoms with Crippen LogP contribution < -0.4 is 11.1 Å².